The molecule has 0 fully saturated rings. The molecule has 0 radical (unpaired) electrons. The van der Waals surface area contributed by atoms with E-state index >= 15 is 0 Å². The van der Waals surface area contributed by atoms with Gasteiger partial charge in [-0.25, -0.2) is 8.78 Å². The van der Waals surface area contributed by atoms with E-state index in [1.165, 1.54) is 6.07 Å². The fraction of sp³-hybridized carbons (Fsp3) is 0.294. The van der Waals surface area contributed by atoms with Gasteiger partial charge in [0.15, 0.2) is 11.6 Å². The minimum atomic E-state index is -0.828. The third-order valence-electron chi connectivity index (χ3n) is 3.83. The Labute approximate surface area is 122 Å². The molecule has 2 atom stereocenters. The van der Waals surface area contributed by atoms with Crippen LogP contribution in [0.3, 0.4) is 0 Å². The van der Waals surface area contributed by atoms with Crippen LogP contribution in [0.1, 0.15) is 29.7 Å². The van der Waals surface area contributed by atoms with Crippen molar-refractivity contribution >= 4 is 0 Å². The number of ether oxygens (including phenoxy) is 1. The van der Waals surface area contributed by atoms with E-state index in [0.717, 1.165) is 29.4 Å². The molecule has 0 amide bonds. The van der Waals surface area contributed by atoms with Gasteiger partial charge in [-0.15, -0.1) is 0 Å². The quantitative estimate of drug-likeness (QED) is 0.932. The lowest BCUT2D eigenvalue weighted by molar-refractivity contribution is 0.254. The molecule has 4 heteroatoms. The van der Waals surface area contributed by atoms with E-state index in [9.17, 15) is 8.78 Å². The highest BCUT2D eigenvalue weighted by Gasteiger charge is 2.23. The Morgan fingerprint density at radius 2 is 2.05 bits per heavy atom. The molecular formula is C17H17F2NO. The van der Waals surface area contributed by atoms with Crippen LogP contribution < -0.4 is 10.1 Å². The molecule has 1 aliphatic heterocycles. The second-order valence-electron chi connectivity index (χ2n) is 5.36. The van der Waals surface area contributed by atoms with Gasteiger partial charge in [0.1, 0.15) is 11.9 Å². The molecule has 2 aromatic rings. The zero-order valence-electron chi connectivity index (χ0n) is 12.0. The molecule has 1 N–H and O–H groups in total. The predicted octanol–water partition coefficient (Wildman–Crippen LogP) is 3.60. The van der Waals surface area contributed by atoms with Gasteiger partial charge in [-0.2, -0.15) is 0 Å². The summed E-state index contributed by atoms with van der Waals surface area (Å²) in [5.74, 6) is -0.756. The lowest BCUT2D eigenvalue weighted by Crippen LogP contribution is -2.19. The average molecular weight is 289 g/mol. The first-order chi connectivity index (χ1) is 10.1. The molecule has 0 bridgehead atoms. The van der Waals surface area contributed by atoms with Gasteiger partial charge < -0.3 is 10.1 Å². The molecular weight excluding hydrogens is 272 g/mol. The smallest absolute Gasteiger partial charge is 0.163 e. The van der Waals surface area contributed by atoms with Crippen LogP contribution in [0.2, 0.25) is 0 Å². The van der Waals surface area contributed by atoms with Gasteiger partial charge in [0.2, 0.25) is 0 Å². The number of halogens is 2. The van der Waals surface area contributed by atoms with Crippen LogP contribution in [0.25, 0.3) is 0 Å². The van der Waals surface area contributed by atoms with Gasteiger partial charge in [-0.05, 0) is 37.2 Å². The van der Waals surface area contributed by atoms with Crippen molar-refractivity contribution < 1.29 is 13.5 Å². The Balaban J connectivity index is 2.01. The van der Waals surface area contributed by atoms with E-state index in [-0.39, 0.29) is 12.1 Å². The Hall–Kier alpha value is -1.94. The van der Waals surface area contributed by atoms with Crippen molar-refractivity contribution in [2.24, 2.45) is 0 Å². The SMILES string of the molecule is CNC(c1ccc2c(c1)CC(C)O2)c1cccc(F)c1F. The van der Waals surface area contributed by atoms with Crippen molar-refractivity contribution in [1.82, 2.24) is 5.32 Å². The van der Waals surface area contributed by atoms with Gasteiger partial charge in [0.05, 0.1) is 6.04 Å². The van der Waals surface area contributed by atoms with Gasteiger partial charge in [0.25, 0.3) is 0 Å². The summed E-state index contributed by atoms with van der Waals surface area (Å²) in [4.78, 5) is 0. The van der Waals surface area contributed by atoms with E-state index in [2.05, 4.69) is 5.32 Å². The van der Waals surface area contributed by atoms with Gasteiger partial charge in [-0.1, -0.05) is 24.3 Å². The number of rotatable bonds is 3. The molecule has 21 heavy (non-hydrogen) atoms. The van der Waals surface area contributed by atoms with Gasteiger partial charge >= 0.3 is 0 Å². The maximum absolute atomic E-state index is 14.0. The number of hydrogen-bond donors (Lipinski definition) is 1. The van der Waals surface area contributed by atoms with E-state index in [1.54, 1.807) is 13.1 Å². The number of fused-ring (bicyclic) bond motifs is 1. The van der Waals surface area contributed by atoms with Crippen LogP contribution in [-0.4, -0.2) is 13.2 Å². The molecule has 2 nitrogen and oxygen atoms in total. The van der Waals surface area contributed by atoms with Crippen LogP contribution in [0, 0.1) is 11.6 Å². The van der Waals surface area contributed by atoms with Gasteiger partial charge in [0, 0.05) is 12.0 Å². The van der Waals surface area contributed by atoms with Crippen LogP contribution >= 0.6 is 0 Å². The summed E-state index contributed by atoms with van der Waals surface area (Å²) < 4.78 is 33.1. The van der Waals surface area contributed by atoms with Crippen molar-refractivity contribution in [1.29, 1.82) is 0 Å². The maximum atomic E-state index is 14.0. The lowest BCUT2D eigenvalue weighted by atomic mass is 9.95. The molecule has 1 heterocycles. The third-order valence-corrected chi connectivity index (χ3v) is 3.83. The Morgan fingerprint density at radius 3 is 2.81 bits per heavy atom. The van der Waals surface area contributed by atoms with Crippen molar-refractivity contribution in [3.05, 3.63) is 64.7 Å². The molecule has 0 saturated heterocycles. The largest absolute Gasteiger partial charge is 0.490 e. The van der Waals surface area contributed by atoms with Gasteiger partial charge in [-0.3, -0.25) is 0 Å². The minimum Gasteiger partial charge on any atom is -0.490 e. The molecule has 3 rings (SSSR count). The van der Waals surface area contributed by atoms with Crippen LogP contribution in [-0.2, 0) is 6.42 Å². The summed E-state index contributed by atoms with van der Waals surface area (Å²) in [7, 11) is 1.74. The molecule has 0 saturated carbocycles. The first kappa shape index (κ1) is 14.0. The third kappa shape index (κ3) is 2.51. The molecule has 1 aliphatic rings. The minimum absolute atomic E-state index is 0.161. The van der Waals surface area contributed by atoms with Crippen molar-refractivity contribution in [2.75, 3.05) is 7.05 Å². The number of nitrogens with one attached hydrogen (secondary N) is 1. The molecule has 0 aromatic heterocycles. The van der Waals surface area contributed by atoms with Crippen LogP contribution in [0.5, 0.6) is 5.75 Å². The van der Waals surface area contributed by atoms with E-state index in [4.69, 9.17) is 4.74 Å². The highest BCUT2D eigenvalue weighted by atomic mass is 19.2. The van der Waals surface area contributed by atoms with Crippen molar-refractivity contribution in [2.45, 2.75) is 25.5 Å². The normalized spacial score (nSPS) is 18.2. The topological polar surface area (TPSA) is 21.3 Å². The lowest BCUT2D eigenvalue weighted by Gasteiger charge is -2.18. The first-order valence-corrected chi connectivity index (χ1v) is 7.01. The van der Waals surface area contributed by atoms with E-state index < -0.39 is 11.6 Å². The fourth-order valence-corrected chi connectivity index (χ4v) is 2.87. The summed E-state index contributed by atoms with van der Waals surface area (Å²) in [6.07, 6.45) is 1.000. The molecule has 0 aliphatic carbocycles. The number of benzene rings is 2. The summed E-state index contributed by atoms with van der Waals surface area (Å²) in [6, 6.07) is 9.66. The fourth-order valence-electron chi connectivity index (χ4n) is 2.87. The Morgan fingerprint density at radius 1 is 1.24 bits per heavy atom. The standard InChI is InChI=1S/C17H17F2NO/c1-10-8-12-9-11(6-7-15(12)21-10)17(20-2)13-4-3-5-14(18)16(13)19/h3-7,9-10,17,20H,8H2,1-2H3. The highest BCUT2D eigenvalue weighted by molar-refractivity contribution is 5.44. The van der Waals surface area contributed by atoms with Crippen LogP contribution in [0.4, 0.5) is 8.78 Å². The molecule has 2 aromatic carbocycles. The molecule has 2 unspecified atom stereocenters. The Bertz CT molecular complexity index is 672. The van der Waals surface area contributed by atoms with E-state index in [0.29, 0.717) is 5.56 Å². The second-order valence-corrected chi connectivity index (χ2v) is 5.36. The summed E-state index contributed by atoms with van der Waals surface area (Å²) in [5.41, 5.74) is 2.32. The summed E-state index contributed by atoms with van der Waals surface area (Å²) in [5, 5.41) is 3.06. The highest BCUT2D eigenvalue weighted by Crippen LogP contribution is 2.33. The summed E-state index contributed by atoms with van der Waals surface area (Å²) in [6.45, 7) is 2.02. The second kappa shape index (κ2) is 5.45. The van der Waals surface area contributed by atoms with E-state index in [1.807, 2.05) is 25.1 Å². The van der Waals surface area contributed by atoms with Crippen molar-refractivity contribution in [3.8, 4) is 5.75 Å². The predicted molar refractivity (Wildman–Crippen MR) is 77.5 cm³/mol. The summed E-state index contributed by atoms with van der Waals surface area (Å²) >= 11 is 0. The molecule has 0 spiro atoms. The van der Waals surface area contributed by atoms with Crippen molar-refractivity contribution in [3.63, 3.8) is 0 Å². The monoisotopic (exact) mass is 289 g/mol. The average Bonchev–Trinajstić information content (AvgIpc) is 2.83. The zero-order chi connectivity index (χ0) is 15.0. The first-order valence-electron chi connectivity index (χ1n) is 7.01. The molecule has 110 valence electrons. The number of hydrogen-bond acceptors (Lipinski definition) is 2. The Kier molecular flexibility index (Phi) is 3.64. The van der Waals surface area contributed by atoms with Crippen LogP contribution in [0.15, 0.2) is 36.4 Å². The maximum Gasteiger partial charge on any atom is 0.163 e. The zero-order valence-corrected chi connectivity index (χ0v) is 12.0.